The van der Waals surface area contributed by atoms with Crippen molar-refractivity contribution in [2.75, 3.05) is 13.6 Å². The van der Waals surface area contributed by atoms with Gasteiger partial charge in [-0.3, -0.25) is 4.79 Å². The molecule has 8 heteroatoms. The van der Waals surface area contributed by atoms with Gasteiger partial charge in [-0.15, -0.1) is 11.3 Å². The van der Waals surface area contributed by atoms with Gasteiger partial charge in [0.1, 0.15) is 0 Å². The van der Waals surface area contributed by atoms with Crippen LogP contribution in [0.2, 0.25) is 0 Å². The maximum atomic E-state index is 11.7. The monoisotopic (exact) mass is 278 g/mol. The van der Waals surface area contributed by atoms with E-state index in [4.69, 9.17) is 5.11 Å². The van der Waals surface area contributed by atoms with Crippen LogP contribution >= 0.6 is 11.3 Å². The highest BCUT2D eigenvalue weighted by Crippen LogP contribution is 2.08. The Morgan fingerprint density at radius 3 is 2.82 bits per heavy atom. The van der Waals surface area contributed by atoms with E-state index in [1.54, 1.807) is 0 Å². The number of hydrogen-bond acceptors (Lipinski definition) is 4. The normalized spacial score (nSPS) is 11.9. The summed E-state index contributed by atoms with van der Waals surface area (Å²) in [5.41, 5.74) is 0. The summed E-state index contributed by atoms with van der Waals surface area (Å²) in [5, 5.41) is 10.3. The van der Waals surface area contributed by atoms with Crippen LogP contribution in [0.25, 0.3) is 0 Å². The minimum atomic E-state index is -3.61. The quantitative estimate of drug-likeness (QED) is 0.760. The Kier molecular flexibility index (Phi) is 5.06. The van der Waals surface area contributed by atoms with Crippen molar-refractivity contribution < 1.29 is 18.3 Å². The van der Waals surface area contributed by atoms with Gasteiger partial charge < -0.3 is 5.11 Å². The molecular formula is C9H14N2O4S2. The van der Waals surface area contributed by atoms with Crippen LogP contribution in [0.15, 0.2) is 17.5 Å². The largest absolute Gasteiger partial charge is 0.481 e. The number of hydrogen-bond donors (Lipinski definition) is 2. The second-order valence-corrected chi connectivity index (χ2v) is 6.27. The number of carboxylic acid groups (broad SMARTS) is 1. The lowest BCUT2D eigenvalue weighted by atomic mass is 10.4. The highest BCUT2D eigenvalue weighted by atomic mass is 32.2. The Balaban J connectivity index is 2.47. The molecule has 0 aromatic carbocycles. The number of nitrogens with one attached hydrogen (secondary N) is 1. The predicted octanol–water partition coefficient (Wildman–Crippen LogP) is 0.489. The molecule has 1 heterocycles. The molecule has 0 saturated carbocycles. The highest BCUT2D eigenvalue weighted by Gasteiger charge is 2.17. The molecule has 2 N–H and O–H groups in total. The van der Waals surface area contributed by atoms with E-state index in [2.05, 4.69) is 4.72 Å². The highest BCUT2D eigenvalue weighted by molar-refractivity contribution is 7.87. The van der Waals surface area contributed by atoms with E-state index in [0.29, 0.717) is 0 Å². The van der Waals surface area contributed by atoms with E-state index in [1.165, 1.54) is 18.4 Å². The molecular weight excluding hydrogens is 264 g/mol. The lowest BCUT2D eigenvalue weighted by molar-refractivity contribution is -0.137. The molecule has 0 bridgehead atoms. The van der Waals surface area contributed by atoms with Crippen LogP contribution in [0.1, 0.15) is 11.3 Å². The fourth-order valence-corrected chi connectivity index (χ4v) is 2.68. The average molecular weight is 278 g/mol. The Morgan fingerprint density at radius 1 is 1.59 bits per heavy atom. The molecule has 0 aliphatic heterocycles. The van der Waals surface area contributed by atoms with Crippen molar-refractivity contribution in [1.82, 2.24) is 9.03 Å². The molecule has 0 atom stereocenters. The summed E-state index contributed by atoms with van der Waals surface area (Å²) in [7, 11) is -2.26. The summed E-state index contributed by atoms with van der Waals surface area (Å²) < 4.78 is 26.7. The first kappa shape index (κ1) is 14.1. The molecule has 0 radical (unpaired) electrons. The van der Waals surface area contributed by atoms with Crippen molar-refractivity contribution in [3.05, 3.63) is 22.4 Å². The van der Waals surface area contributed by atoms with Gasteiger partial charge in [0.25, 0.3) is 10.2 Å². The second kappa shape index (κ2) is 6.10. The summed E-state index contributed by atoms with van der Waals surface area (Å²) in [6.45, 7) is 0.173. The van der Waals surface area contributed by atoms with E-state index in [1.807, 2.05) is 17.5 Å². The Labute approximate surface area is 104 Å². The van der Waals surface area contributed by atoms with Gasteiger partial charge in [0, 0.05) is 25.0 Å². The summed E-state index contributed by atoms with van der Waals surface area (Å²) in [4.78, 5) is 11.2. The molecule has 1 rings (SSSR count). The van der Waals surface area contributed by atoms with Gasteiger partial charge in [0.15, 0.2) is 0 Å². The Hall–Kier alpha value is -0.960. The smallest absolute Gasteiger partial charge is 0.304 e. The van der Waals surface area contributed by atoms with Crippen LogP contribution in [0.4, 0.5) is 0 Å². The molecule has 0 fully saturated rings. The first-order chi connectivity index (χ1) is 7.92. The van der Waals surface area contributed by atoms with Gasteiger partial charge in [0.2, 0.25) is 0 Å². The number of thiophene rings is 1. The Morgan fingerprint density at radius 2 is 2.29 bits per heavy atom. The first-order valence-corrected chi connectivity index (χ1v) is 7.19. The topological polar surface area (TPSA) is 86.7 Å². The van der Waals surface area contributed by atoms with E-state index in [9.17, 15) is 13.2 Å². The van der Waals surface area contributed by atoms with Crippen molar-refractivity contribution in [3.8, 4) is 0 Å². The third kappa shape index (κ3) is 4.82. The maximum Gasteiger partial charge on any atom is 0.304 e. The SMILES string of the molecule is CN(CCC(=O)O)S(=O)(=O)NCc1cccs1. The summed E-state index contributed by atoms with van der Waals surface area (Å²) in [6, 6.07) is 3.66. The fraction of sp³-hybridized carbons (Fsp3) is 0.444. The van der Waals surface area contributed by atoms with Crippen LogP contribution in [-0.4, -0.2) is 37.4 Å². The lowest BCUT2D eigenvalue weighted by Crippen LogP contribution is -2.38. The van der Waals surface area contributed by atoms with Gasteiger partial charge >= 0.3 is 5.97 Å². The molecule has 0 aliphatic rings. The molecule has 0 amide bonds. The minimum absolute atomic E-state index is 0.0465. The first-order valence-electron chi connectivity index (χ1n) is 4.87. The summed E-state index contributed by atoms with van der Waals surface area (Å²) in [5.74, 6) is -1.02. The molecule has 0 unspecified atom stereocenters. The third-order valence-electron chi connectivity index (χ3n) is 2.06. The van der Waals surface area contributed by atoms with Crippen LogP contribution in [0.5, 0.6) is 0 Å². The van der Waals surface area contributed by atoms with Crippen molar-refractivity contribution in [1.29, 1.82) is 0 Å². The van der Waals surface area contributed by atoms with Gasteiger partial charge in [-0.1, -0.05) is 6.07 Å². The zero-order chi connectivity index (χ0) is 12.9. The van der Waals surface area contributed by atoms with Gasteiger partial charge in [-0.25, -0.2) is 0 Å². The number of rotatable bonds is 7. The zero-order valence-electron chi connectivity index (χ0n) is 9.29. The number of carbonyl (C=O) groups is 1. The second-order valence-electron chi connectivity index (χ2n) is 3.37. The molecule has 0 aliphatic carbocycles. The number of carboxylic acids is 1. The van der Waals surface area contributed by atoms with Crippen molar-refractivity contribution >= 4 is 27.5 Å². The van der Waals surface area contributed by atoms with Crippen molar-refractivity contribution in [2.45, 2.75) is 13.0 Å². The third-order valence-corrected chi connectivity index (χ3v) is 4.45. The van der Waals surface area contributed by atoms with Gasteiger partial charge in [-0.2, -0.15) is 17.4 Å². The maximum absolute atomic E-state index is 11.7. The average Bonchev–Trinajstić information content (AvgIpc) is 2.75. The molecule has 96 valence electrons. The van der Waals surface area contributed by atoms with Gasteiger partial charge in [0.05, 0.1) is 6.42 Å². The summed E-state index contributed by atoms with van der Waals surface area (Å²) >= 11 is 1.45. The van der Waals surface area contributed by atoms with Crippen LogP contribution < -0.4 is 4.72 Å². The van der Waals surface area contributed by atoms with Gasteiger partial charge in [-0.05, 0) is 11.4 Å². The summed E-state index contributed by atoms with van der Waals surface area (Å²) in [6.07, 6.45) is -0.212. The van der Waals surface area contributed by atoms with Crippen LogP contribution in [-0.2, 0) is 21.5 Å². The van der Waals surface area contributed by atoms with E-state index < -0.39 is 16.2 Å². The number of aliphatic carboxylic acids is 1. The molecule has 1 aromatic rings. The minimum Gasteiger partial charge on any atom is -0.481 e. The Bertz CT molecular complexity index is 455. The van der Waals surface area contributed by atoms with Crippen molar-refractivity contribution in [3.63, 3.8) is 0 Å². The predicted molar refractivity (Wildman–Crippen MR) is 65.0 cm³/mol. The van der Waals surface area contributed by atoms with Crippen LogP contribution in [0.3, 0.4) is 0 Å². The zero-order valence-corrected chi connectivity index (χ0v) is 10.9. The standard InChI is InChI=1S/C9H14N2O4S2/c1-11(5-4-9(12)13)17(14,15)10-7-8-3-2-6-16-8/h2-3,6,10H,4-5,7H2,1H3,(H,12,13). The lowest BCUT2D eigenvalue weighted by Gasteiger charge is -2.16. The number of nitrogens with zero attached hydrogens (tertiary/aromatic N) is 1. The molecule has 17 heavy (non-hydrogen) atoms. The molecule has 6 nitrogen and oxygen atoms in total. The molecule has 0 saturated heterocycles. The molecule has 1 aromatic heterocycles. The van der Waals surface area contributed by atoms with E-state index in [-0.39, 0.29) is 19.5 Å². The molecule has 0 spiro atoms. The van der Waals surface area contributed by atoms with E-state index in [0.717, 1.165) is 9.18 Å². The van der Waals surface area contributed by atoms with Crippen molar-refractivity contribution in [2.24, 2.45) is 0 Å². The van der Waals surface area contributed by atoms with E-state index >= 15 is 0 Å². The van der Waals surface area contributed by atoms with Crippen LogP contribution in [0, 0.1) is 0 Å². The fourth-order valence-electron chi connectivity index (χ4n) is 1.06.